The van der Waals surface area contributed by atoms with E-state index in [0.29, 0.717) is 0 Å². The molecule has 15 heteroatoms. The van der Waals surface area contributed by atoms with Crippen LogP contribution in [0.3, 0.4) is 0 Å². The Morgan fingerprint density at radius 1 is 0.857 bits per heavy atom. The molecule has 0 bridgehead atoms. The van der Waals surface area contributed by atoms with Crippen molar-refractivity contribution in [1.29, 1.82) is 0 Å². The molecule has 2 atom stereocenters. The zero-order valence-corrected chi connectivity index (χ0v) is 15.2. The Labute approximate surface area is 159 Å². The Balaban J connectivity index is 0.000000504. The molecule has 2 heterocycles. The Morgan fingerprint density at radius 3 is 1.71 bits per heavy atom. The van der Waals surface area contributed by atoms with E-state index in [2.05, 4.69) is 14.8 Å². The van der Waals surface area contributed by atoms with Crippen molar-refractivity contribution >= 4 is 12.4 Å². The lowest BCUT2D eigenvalue weighted by Crippen LogP contribution is -2.52. The van der Waals surface area contributed by atoms with Crippen LogP contribution in [0.15, 0.2) is 0 Å². The molecule has 0 amide bonds. The van der Waals surface area contributed by atoms with Gasteiger partial charge in [-0.3, -0.25) is 9.47 Å². The molecule has 1 N–H and O–H groups in total. The van der Waals surface area contributed by atoms with Crippen LogP contribution in [0.25, 0.3) is 0 Å². The largest absolute Gasteiger partial charge is 0.522 e. The maximum atomic E-state index is 13.0. The van der Waals surface area contributed by atoms with Crippen LogP contribution in [0.1, 0.15) is 12.8 Å². The van der Waals surface area contributed by atoms with Crippen LogP contribution >= 0.6 is 12.4 Å². The molecule has 0 aromatic rings. The summed E-state index contributed by atoms with van der Waals surface area (Å²) < 4.78 is 128. The normalized spacial score (nSPS) is 28.0. The van der Waals surface area contributed by atoms with Gasteiger partial charge in [0.1, 0.15) is 12.2 Å². The van der Waals surface area contributed by atoms with E-state index in [9.17, 15) is 43.9 Å². The van der Waals surface area contributed by atoms with E-state index in [0.717, 1.165) is 0 Å². The van der Waals surface area contributed by atoms with Gasteiger partial charge in [-0.15, -0.1) is 38.7 Å². The van der Waals surface area contributed by atoms with Gasteiger partial charge in [0.05, 0.1) is 13.1 Å². The highest BCUT2D eigenvalue weighted by Gasteiger charge is 2.50. The summed E-state index contributed by atoms with van der Waals surface area (Å²) in [6.07, 6.45) is -14.8. The van der Waals surface area contributed by atoms with Crippen LogP contribution in [0.5, 0.6) is 0 Å². The summed E-state index contributed by atoms with van der Waals surface area (Å²) in [6, 6.07) is 0. The topological polar surface area (TPSA) is 33.7 Å². The van der Waals surface area contributed by atoms with Gasteiger partial charge in [0.15, 0.2) is 0 Å². The van der Waals surface area contributed by atoms with Gasteiger partial charge < -0.3 is 10.2 Å². The van der Waals surface area contributed by atoms with Crippen LogP contribution in [-0.4, -0.2) is 74.9 Å². The van der Waals surface area contributed by atoms with Gasteiger partial charge in [-0.05, 0) is 26.4 Å². The number of piperidine rings is 2. The molecule has 170 valence electrons. The summed E-state index contributed by atoms with van der Waals surface area (Å²) in [5.74, 6) is -6.89. The number of nitrogens with zero attached hydrogens (tertiary/aromatic N) is 1. The van der Waals surface area contributed by atoms with E-state index in [-0.39, 0.29) is 38.3 Å². The fourth-order valence-corrected chi connectivity index (χ4v) is 2.52. The maximum Gasteiger partial charge on any atom is 0.522 e. The lowest BCUT2D eigenvalue weighted by Gasteiger charge is -2.36. The second-order valence-corrected chi connectivity index (χ2v) is 6.12. The summed E-state index contributed by atoms with van der Waals surface area (Å²) in [5, 5.41) is 2.29. The summed E-state index contributed by atoms with van der Waals surface area (Å²) >= 11 is 0. The van der Waals surface area contributed by atoms with Crippen molar-refractivity contribution in [3.05, 3.63) is 0 Å². The second kappa shape index (κ2) is 9.96. The van der Waals surface area contributed by atoms with Gasteiger partial charge in [0, 0.05) is 6.54 Å². The fourth-order valence-electron chi connectivity index (χ4n) is 2.52. The first-order chi connectivity index (χ1) is 12.0. The molecule has 0 aromatic carbocycles. The number of hydrogen-bond donors (Lipinski definition) is 1. The SMILES string of the molecule is CN1CCC(OC(F)(F)F)C(F)(F)C1.Cl.FC(F)(F)OC1CCNCC1(F)F. The molecule has 2 aliphatic heterocycles. The minimum absolute atomic E-state index is 0. The zero-order chi connectivity index (χ0) is 21.1. The quantitative estimate of drug-likeness (QED) is 0.636. The minimum atomic E-state index is -5.00. The number of ether oxygens (including phenoxy) is 2. The molecule has 2 rings (SSSR count). The summed E-state index contributed by atoms with van der Waals surface area (Å²) in [4.78, 5) is 1.27. The molecule has 0 aliphatic carbocycles. The third-order valence-electron chi connectivity index (χ3n) is 3.69. The number of likely N-dealkylation sites (tertiary alicyclic amines) is 1. The van der Waals surface area contributed by atoms with Crippen LogP contribution in [0, 0.1) is 0 Å². The molecule has 0 spiro atoms. The Hall–Kier alpha value is -0.570. The molecule has 2 aliphatic rings. The van der Waals surface area contributed by atoms with Crippen molar-refractivity contribution < 1.29 is 53.4 Å². The van der Waals surface area contributed by atoms with Crippen LogP contribution in [0.2, 0.25) is 0 Å². The molecule has 28 heavy (non-hydrogen) atoms. The highest BCUT2D eigenvalue weighted by Crippen LogP contribution is 2.33. The summed E-state index contributed by atoms with van der Waals surface area (Å²) in [5.41, 5.74) is 0. The summed E-state index contributed by atoms with van der Waals surface area (Å²) in [6.45, 7) is -1.19. The van der Waals surface area contributed by atoms with Crippen LogP contribution in [-0.2, 0) is 9.47 Å². The molecule has 2 saturated heterocycles. The van der Waals surface area contributed by atoms with E-state index >= 15 is 0 Å². The van der Waals surface area contributed by atoms with E-state index in [1.165, 1.54) is 11.9 Å². The molecular formula is C13H19ClF10N2O2. The number of nitrogens with one attached hydrogen (secondary N) is 1. The monoisotopic (exact) mass is 460 g/mol. The van der Waals surface area contributed by atoms with Crippen molar-refractivity contribution in [1.82, 2.24) is 10.2 Å². The Kier molecular flexibility index (Phi) is 9.76. The highest BCUT2D eigenvalue weighted by molar-refractivity contribution is 5.85. The molecule has 0 aromatic heterocycles. The van der Waals surface area contributed by atoms with Crippen LogP contribution in [0.4, 0.5) is 43.9 Å². The highest BCUT2D eigenvalue weighted by atomic mass is 35.5. The third-order valence-corrected chi connectivity index (χ3v) is 3.69. The van der Waals surface area contributed by atoms with E-state index in [1.807, 2.05) is 0 Å². The maximum absolute atomic E-state index is 13.0. The van der Waals surface area contributed by atoms with Crippen LogP contribution < -0.4 is 5.32 Å². The van der Waals surface area contributed by atoms with Gasteiger partial charge in [-0.25, -0.2) is 17.6 Å². The lowest BCUT2D eigenvalue weighted by molar-refractivity contribution is -0.370. The van der Waals surface area contributed by atoms with Gasteiger partial charge in [0.2, 0.25) is 0 Å². The lowest BCUT2D eigenvalue weighted by atomic mass is 10.0. The smallest absolute Gasteiger partial charge is 0.311 e. The first-order valence-corrected chi connectivity index (χ1v) is 7.66. The van der Waals surface area contributed by atoms with Crippen molar-refractivity contribution in [2.45, 2.75) is 49.6 Å². The molecular weight excluding hydrogens is 442 g/mol. The average Bonchev–Trinajstić information content (AvgIpc) is 2.42. The number of rotatable bonds is 2. The van der Waals surface area contributed by atoms with Gasteiger partial charge in [0.25, 0.3) is 11.8 Å². The molecule has 4 nitrogen and oxygen atoms in total. The first-order valence-electron chi connectivity index (χ1n) is 7.66. The number of alkyl halides is 10. The van der Waals surface area contributed by atoms with Gasteiger partial charge in [-0.2, -0.15) is 0 Å². The van der Waals surface area contributed by atoms with Crippen molar-refractivity contribution in [3.63, 3.8) is 0 Å². The van der Waals surface area contributed by atoms with Crippen molar-refractivity contribution in [2.75, 3.05) is 33.2 Å². The predicted octanol–water partition coefficient (Wildman–Crippen LogP) is 3.80. The van der Waals surface area contributed by atoms with Gasteiger partial charge in [-0.1, -0.05) is 0 Å². The number of hydrogen-bond acceptors (Lipinski definition) is 4. The van der Waals surface area contributed by atoms with Crippen molar-refractivity contribution in [2.24, 2.45) is 0 Å². The van der Waals surface area contributed by atoms with Gasteiger partial charge >= 0.3 is 12.7 Å². The number of halogens is 11. The summed E-state index contributed by atoms with van der Waals surface area (Å²) in [7, 11) is 1.43. The average molecular weight is 461 g/mol. The molecule has 2 fully saturated rings. The zero-order valence-electron chi connectivity index (χ0n) is 14.3. The predicted molar refractivity (Wildman–Crippen MR) is 78.6 cm³/mol. The van der Waals surface area contributed by atoms with E-state index < -0.39 is 49.9 Å². The molecule has 0 saturated carbocycles. The standard InChI is InChI=1S/C7H10F5NO.C6H8F5NO.ClH/c1-13-3-2-5(6(8,9)4-13)14-7(10,11)12;7-5(8)3-12-2-1-4(5)13-6(9,10)11;/h5H,2-4H2,1H3;4,12H,1-3H2;1H. The minimum Gasteiger partial charge on any atom is -0.311 e. The Bertz CT molecular complexity index is 475. The molecule has 0 radical (unpaired) electrons. The first kappa shape index (κ1) is 27.4. The fraction of sp³-hybridized carbons (Fsp3) is 1.00. The van der Waals surface area contributed by atoms with Crippen molar-refractivity contribution in [3.8, 4) is 0 Å². The Morgan fingerprint density at radius 2 is 1.32 bits per heavy atom. The molecule has 2 unspecified atom stereocenters. The van der Waals surface area contributed by atoms with E-state index in [1.54, 1.807) is 0 Å². The third kappa shape index (κ3) is 9.76. The second-order valence-electron chi connectivity index (χ2n) is 6.12. The van der Waals surface area contributed by atoms with E-state index in [4.69, 9.17) is 0 Å².